The fourth-order valence-corrected chi connectivity index (χ4v) is 4.83. The van der Waals surface area contributed by atoms with Crippen LogP contribution in [0.2, 0.25) is 0 Å². The topological polar surface area (TPSA) is 42.7 Å². The number of anilines is 2. The summed E-state index contributed by atoms with van der Waals surface area (Å²) in [7, 11) is 0. The Morgan fingerprint density at radius 1 is 0.967 bits per heavy atom. The fraction of sp³-hybridized carbons (Fsp3) is 0.280. The number of aromatic nitrogens is 3. The maximum Gasteiger partial charge on any atom is 0.187 e. The molecule has 4 aromatic rings. The number of benzene rings is 2. The van der Waals surface area contributed by atoms with Crippen molar-refractivity contribution in [3.05, 3.63) is 76.2 Å². The second-order valence-electron chi connectivity index (χ2n) is 7.68. The van der Waals surface area contributed by atoms with Gasteiger partial charge in [0.05, 0.1) is 17.7 Å². The smallest absolute Gasteiger partial charge is 0.187 e. The van der Waals surface area contributed by atoms with E-state index >= 15 is 0 Å². The van der Waals surface area contributed by atoms with Gasteiger partial charge in [0.25, 0.3) is 0 Å². The zero-order valence-corrected chi connectivity index (χ0v) is 19.1. The number of thiazole rings is 1. The van der Waals surface area contributed by atoms with Crippen LogP contribution in [-0.2, 0) is 12.8 Å². The molecular formula is C25H28N4S. The van der Waals surface area contributed by atoms with Crippen LogP contribution >= 0.6 is 11.3 Å². The molecule has 154 valence electrons. The maximum absolute atomic E-state index is 4.87. The molecule has 0 radical (unpaired) electrons. The number of nitrogens with zero attached hydrogens (tertiary/aromatic N) is 3. The number of hydrogen-bond donors (Lipinski definition) is 1. The van der Waals surface area contributed by atoms with Gasteiger partial charge in [0.2, 0.25) is 0 Å². The molecule has 0 atom stereocenters. The maximum atomic E-state index is 4.87. The van der Waals surface area contributed by atoms with Crippen molar-refractivity contribution in [3.63, 3.8) is 0 Å². The van der Waals surface area contributed by atoms with Crippen molar-refractivity contribution < 1.29 is 0 Å². The highest BCUT2D eigenvalue weighted by atomic mass is 32.1. The molecule has 0 aliphatic carbocycles. The van der Waals surface area contributed by atoms with E-state index in [0.717, 1.165) is 40.6 Å². The van der Waals surface area contributed by atoms with Gasteiger partial charge in [-0.25, -0.2) is 9.97 Å². The predicted octanol–water partition coefficient (Wildman–Crippen LogP) is 6.79. The summed E-state index contributed by atoms with van der Waals surface area (Å²) >= 11 is 1.65. The zero-order valence-electron chi connectivity index (χ0n) is 18.3. The second-order valence-corrected chi connectivity index (χ2v) is 8.54. The van der Waals surface area contributed by atoms with Gasteiger partial charge in [-0.3, -0.25) is 0 Å². The van der Waals surface area contributed by atoms with Gasteiger partial charge in [-0.15, -0.1) is 11.3 Å². The van der Waals surface area contributed by atoms with Crippen LogP contribution < -0.4 is 5.32 Å². The molecule has 0 spiro atoms. The molecule has 2 aromatic carbocycles. The highest BCUT2D eigenvalue weighted by molar-refractivity contribution is 7.14. The van der Waals surface area contributed by atoms with Crippen molar-refractivity contribution in [2.45, 2.75) is 47.5 Å². The third-order valence-electron chi connectivity index (χ3n) is 5.59. The Morgan fingerprint density at radius 3 is 2.33 bits per heavy atom. The summed E-state index contributed by atoms with van der Waals surface area (Å²) in [6, 6.07) is 10.7. The lowest BCUT2D eigenvalue weighted by molar-refractivity contribution is 1.01. The number of imidazole rings is 1. The molecule has 30 heavy (non-hydrogen) atoms. The average molecular weight is 417 g/mol. The first kappa shape index (κ1) is 20.4. The van der Waals surface area contributed by atoms with E-state index in [2.05, 4.69) is 73.7 Å². The van der Waals surface area contributed by atoms with Crippen LogP contribution in [0.5, 0.6) is 0 Å². The molecule has 0 saturated carbocycles. The Kier molecular flexibility index (Phi) is 5.73. The van der Waals surface area contributed by atoms with Crippen LogP contribution in [-0.4, -0.2) is 14.5 Å². The number of aryl methyl sites for hydroxylation is 3. The molecule has 0 bridgehead atoms. The monoisotopic (exact) mass is 416 g/mol. The van der Waals surface area contributed by atoms with Crippen LogP contribution in [0.15, 0.2) is 48.2 Å². The minimum Gasteiger partial charge on any atom is -0.331 e. The molecule has 0 aliphatic heterocycles. The van der Waals surface area contributed by atoms with E-state index in [0.29, 0.717) is 0 Å². The van der Waals surface area contributed by atoms with E-state index in [1.54, 1.807) is 11.3 Å². The Labute approximate surface area is 182 Å². The molecule has 0 unspecified atom stereocenters. The molecule has 0 saturated heterocycles. The van der Waals surface area contributed by atoms with Gasteiger partial charge in [0.1, 0.15) is 0 Å². The molecule has 1 N–H and O–H groups in total. The van der Waals surface area contributed by atoms with Crippen molar-refractivity contribution in [2.24, 2.45) is 0 Å². The summed E-state index contributed by atoms with van der Waals surface area (Å²) < 4.78 is 2.03. The summed E-state index contributed by atoms with van der Waals surface area (Å²) in [6.07, 6.45) is 5.94. The first-order valence-electron chi connectivity index (χ1n) is 10.5. The lowest BCUT2D eigenvalue weighted by Gasteiger charge is -2.18. The molecule has 2 aromatic heterocycles. The minimum absolute atomic E-state index is 0.933. The van der Waals surface area contributed by atoms with Gasteiger partial charge in [0.15, 0.2) is 5.13 Å². The summed E-state index contributed by atoms with van der Waals surface area (Å²) in [5.74, 6) is 0. The van der Waals surface area contributed by atoms with Crippen LogP contribution in [0, 0.1) is 20.8 Å². The van der Waals surface area contributed by atoms with E-state index in [1.165, 1.54) is 27.9 Å². The molecular weight excluding hydrogens is 388 g/mol. The zero-order chi connectivity index (χ0) is 21.3. The van der Waals surface area contributed by atoms with Crippen LogP contribution in [0.3, 0.4) is 0 Å². The quantitative estimate of drug-likeness (QED) is 0.376. The van der Waals surface area contributed by atoms with Crippen molar-refractivity contribution in [1.29, 1.82) is 0 Å². The first-order chi connectivity index (χ1) is 14.5. The van der Waals surface area contributed by atoms with E-state index in [-0.39, 0.29) is 0 Å². The summed E-state index contributed by atoms with van der Waals surface area (Å²) in [5.41, 5.74) is 11.0. The van der Waals surface area contributed by atoms with Gasteiger partial charge < -0.3 is 9.88 Å². The average Bonchev–Trinajstić information content (AvgIpc) is 3.39. The Hall–Kier alpha value is -2.92. The lowest BCUT2D eigenvalue weighted by Crippen LogP contribution is -2.04. The van der Waals surface area contributed by atoms with E-state index in [4.69, 9.17) is 4.98 Å². The minimum atomic E-state index is 0.933. The third kappa shape index (κ3) is 3.90. The Bertz CT molecular complexity index is 1170. The second kappa shape index (κ2) is 8.44. The van der Waals surface area contributed by atoms with Gasteiger partial charge in [-0.1, -0.05) is 32.0 Å². The largest absolute Gasteiger partial charge is 0.331 e. The van der Waals surface area contributed by atoms with Gasteiger partial charge in [-0.2, -0.15) is 0 Å². The first-order valence-corrected chi connectivity index (χ1v) is 11.3. The highest BCUT2D eigenvalue weighted by Gasteiger charge is 2.14. The van der Waals surface area contributed by atoms with Crippen LogP contribution in [0.1, 0.15) is 41.8 Å². The lowest BCUT2D eigenvalue weighted by atomic mass is 9.93. The van der Waals surface area contributed by atoms with Crippen molar-refractivity contribution in [2.75, 3.05) is 5.32 Å². The van der Waals surface area contributed by atoms with E-state index < -0.39 is 0 Å². The molecule has 0 amide bonds. The van der Waals surface area contributed by atoms with E-state index in [9.17, 15) is 0 Å². The van der Waals surface area contributed by atoms with Gasteiger partial charge in [-0.05, 0) is 68.0 Å². The van der Waals surface area contributed by atoms with Gasteiger partial charge >= 0.3 is 0 Å². The van der Waals surface area contributed by atoms with Gasteiger partial charge in [0, 0.05) is 28.5 Å². The molecule has 4 nitrogen and oxygen atoms in total. The third-order valence-corrected chi connectivity index (χ3v) is 6.34. The van der Waals surface area contributed by atoms with Crippen molar-refractivity contribution in [1.82, 2.24) is 14.5 Å². The summed E-state index contributed by atoms with van der Waals surface area (Å²) in [5, 5.41) is 6.67. The summed E-state index contributed by atoms with van der Waals surface area (Å²) in [4.78, 5) is 9.16. The fourth-order valence-electron chi connectivity index (χ4n) is 4.10. The standard InChI is InChI=1S/C25H28N4S/c1-6-21-16(3)12-17(4)24(22(21)7-2)28-25-27-23(14-30-25)19-8-10-20(11-9-19)29-13-18(5)26-15-29/h8-15H,6-7H2,1-5H3,(H,27,28). The summed E-state index contributed by atoms with van der Waals surface area (Å²) in [6.45, 7) is 10.9. The van der Waals surface area contributed by atoms with Crippen LogP contribution in [0.25, 0.3) is 16.9 Å². The molecule has 4 rings (SSSR count). The van der Waals surface area contributed by atoms with E-state index in [1.807, 2.05) is 24.0 Å². The number of rotatable bonds is 6. The van der Waals surface area contributed by atoms with Crippen LogP contribution in [0.4, 0.5) is 10.8 Å². The van der Waals surface area contributed by atoms with Crippen molar-refractivity contribution in [3.8, 4) is 16.9 Å². The molecule has 0 fully saturated rings. The molecule has 5 heteroatoms. The molecule has 0 aliphatic rings. The normalized spacial score (nSPS) is 11.1. The molecule has 2 heterocycles. The SMILES string of the molecule is CCc1c(C)cc(C)c(Nc2nc(-c3ccc(-n4cnc(C)c4)cc3)cs2)c1CC. The predicted molar refractivity (Wildman–Crippen MR) is 127 cm³/mol. The number of hydrogen-bond acceptors (Lipinski definition) is 4. The number of nitrogens with one attached hydrogen (secondary N) is 1. The Balaban J connectivity index is 1.60. The highest BCUT2D eigenvalue weighted by Crippen LogP contribution is 2.33. The Morgan fingerprint density at radius 2 is 1.70 bits per heavy atom. The van der Waals surface area contributed by atoms with Crippen molar-refractivity contribution >= 4 is 22.2 Å².